The molecule has 4 rings (SSSR count). The lowest BCUT2D eigenvalue weighted by Crippen LogP contribution is -2.25. The van der Waals surface area contributed by atoms with E-state index in [1.807, 2.05) is 17.9 Å². The van der Waals surface area contributed by atoms with Crippen LogP contribution in [0.1, 0.15) is 59.7 Å². The van der Waals surface area contributed by atoms with Gasteiger partial charge in [0.2, 0.25) is 0 Å². The van der Waals surface area contributed by atoms with Gasteiger partial charge >= 0.3 is 6.11 Å². The molecule has 4 aromatic rings. The Kier molecular flexibility index (Phi) is 9.90. The molecular formula is C33H20F9NO. The molecule has 0 atom stereocenters. The third-order valence-corrected chi connectivity index (χ3v) is 6.14. The predicted octanol–water partition coefficient (Wildman–Crippen LogP) is 8.72. The van der Waals surface area contributed by atoms with Crippen molar-refractivity contribution in [1.29, 1.82) is 0 Å². The molecule has 226 valence electrons. The number of nitrogens with zero attached hydrogens (tertiary/aromatic N) is 1. The number of pyridine rings is 1. The highest BCUT2D eigenvalue weighted by Crippen LogP contribution is 2.36. The molecule has 0 aliphatic rings. The average molecular weight is 618 g/mol. The Morgan fingerprint density at radius 2 is 1.25 bits per heavy atom. The van der Waals surface area contributed by atoms with Crippen LogP contribution in [0.2, 0.25) is 0 Å². The van der Waals surface area contributed by atoms with Crippen molar-refractivity contribution in [2.75, 3.05) is 0 Å². The number of hydrogen-bond acceptors (Lipinski definition) is 2. The summed E-state index contributed by atoms with van der Waals surface area (Å²) in [7, 11) is 0. The summed E-state index contributed by atoms with van der Waals surface area (Å²) in [5, 5.41) is 0. The van der Waals surface area contributed by atoms with Crippen molar-refractivity contribution in [3.05, 3.63) is 129 Å². The molecule has 0 aliphatic carbocycles. The van der Waals surface area contributed by atoms with Crippen LogP contribution in [0.4, 0.5) is 39.5 Å². The monoisotopic (exact) mass is 617 g/mol. The van der Waals surface area contributed by atoms with Crippen molar-refractivity contribution in [1.82, 2.24) is 4.98 Å². The van der Waals surface area contributed by atoms with Crippen LogP contribution < -0.4 is 4.74 Å². The van der Waals surface area contributed by atoms with Gasteiger partial charge in [0.15, 0.2) is 17.5 Å². The number of rotatable bonds is 7. The van der Waals surface area contributed by atoms with Crippen LogP contribution in [0.5, 0.6) is 5.75 Å². The quantitative estimate of drug-likeness (QED) is 0.0896. The molecule has 0 saturated carbocycles. The van der Waals surface area contributed by atoms with Crippen molar-refractivity contribution >= 4 is 0 Å². The second kappa shape index (κ2) is 13.6. The Balaban J connectivity index is 1.52. The van der Waals surface area contributed by atoms with E-state index in [1.165, 1.54) is 0 Å². The Hall–Kier alpha value is -4.90. The highest BCUT2D eigenvalue weighted by atomic mass is 19.3. The Bertz CT molecular complexity index is 1740. The summed E-state index contributed by atoms with van der Waals surface area (Å²) in [6.07, 6.45) is 0.866. The fourth-order valence-electron chi connectivity index (χ4n) is 3.97. The fraction of sp³-hybridized carbons (Fsp3) is 0.182. The summed E-state index contributed by atoms with van der Waals surface area (Å²) in [6.45, 7) is 2.08. The first kappa shape index (κ1) is 32.0. The van der Waals surface area contributed by atoms with Gasteiger partial charge in [-0.15, -0.1) is 0 Å². The van der Waals surface area contributed by atoms with Gasteiger partial charge in [0.1, 0.15) is 40.3 Å². The van der Waals surface area contributed by atoms with Gasteiger partial charge in [0.05, 0.1) is 5.56 Å². The van der Waals surface area contributed by atoms with E-state index >= 15 is 0 Å². The molecule has 0 spiro atoms. The number of halogens is 9. The number of benzene rings is 3. The van der Waals surface area contributed by atoms with E-state index in [0.29, 0.717) is 24.3 Å². The largest absolute Gasteiger partial charge is 0.432 e. The Labute approximate surface area is 246 Å². The first-order valence-corrected chi connectivity index (χ1v) is 13.1. The number of ether oxygens (including phenoxy) is 1. The second-order valence-electron chi connectivity index (χ2n) is 9.46. The number of hydrogen-bond donors (Lipinski definition) is 0. The van der Waals surface area contributed by atoms with Gasteiger partial charge in [-0.05, 0) is 54.7 Å². The highest BCUT2D eigenvalue weighted by Gasteiger charge is 2.41. The van der Waals surface area contributed by atoms with Crippen molar-refractivity contribution in [2.45, 2.75) is 38.7 Å². The SMILES string of the molecule is CCCCCc1ccc(C#Cc2cc(F)c(C(F)(F)Oc3cc(F)c(C#Cc4cc(F)c(F)c(F)c4)c(F)c3)c(F)c2)nc1. The molecule has 3 aromatic carbocycles. The molecule has 0 bridgehead atoms. The van der Waals surface area contributed by atoms with Crippen LogP contribution >= 0.6 is 0 Å². The lowest BCUT2D eigenvalue weighted by molar-refractivity contribution is -0.189. The predicted molar refractivity (Wildman–Crippen MR) is 143 cm³/mol. The topological polar surface area (TPSA) is 22.1 Å². The summed E-state index contributed by atoms with van der Waals surface area (Å²) < 4.78 is 132. The van der Waals surface area contributed by atoms with Gasteiger partial charge in [-0.25, -0.2) is 35.7 Å². The van der Waals surface area contributed by atoms with E-state index in [9.17, 15) is 39.5 Å². The van der Waals surface area contributed by atoms with Crippen molar-refractivity contribution in [3.63, 3.8) is 0 Å². The summed E-state index contributed by atoms with van der Waals surface area (Å²) in [5.74, 6) is -3.70. The van der Waals surface area contributed by atoms with Gasteiger partial charge in [0.25, 0.3) is 0 Å². The lowest BCUT2D eigenvalue weighted by Gasteiger charge is -2.20. The van der Waals surface area contributed by atoms with E-state index in [4.69, 9.17) is 0 Å². The number of aromatic nitrogens is 1. The third-order valence-electron chi connectivity index (χ3n) is 6.14. The van der Waals surface area contributed by atoms with Crippen LogP contribution in [0.15, 0.2) is 54.7 Å². The van der Waals surface area contributed by atoms with Crippen LogP contribution in [0.25, 0.3) is 0 Å². The second-order valence-corrected chi connectivity index (χ2v) is 9.46. The highest BCUT2D eigenvalue weighted by molar-refractivity contribution is 5.47. The average Bonchev–Trinajstić information content (AvgIpc) is 2.94. The van der Waals surface area contributed by atoms with Gasteiger partial charge in [-0.3, -0.25) is 0 Å². The van der Waals surface area contributed by atoms with Crippen LogP contribution in [0, 0.1) is 64.4 Å². The standard InChI is InChI=1S/C33H20F9NO/c1-2-3-4-5-19-6-9-22(43-18-19)10-7-20-12-27(36)31(28(37)13-20)33(41,42)44-23-16-25(34)24(26(35)17-23)11-8-21-14-29(38)32(40)30(39)15-21/h6,9,12-18H,2-5H2,1H3. The van der Waals surface area contributed by atoms with E-state index < -0.39 is 69.3 Å². The van der Waals surface area contributed by atoms with E-state index in [2.05, 4.69) is 28.5 Å². The molecule has 0 radical (unpaired) electrons. The number of unbranched alkanes of at least 4 members (excludes halogenated alkanes) is 2. The number of alkyl halides is 2. The Morgan fingerprint density at radius 1 is 0.682 bits per heavy atom. The van der Waals surface area contributed by atoms with E-state index in [0.717, 1.165) is 31.2 Å². The minimum absolute atomic E-state index is 0.268. The van der Waals surface area contributed by atoms with E-state index in [-0.39, 0.29) is 23.4 Å². The number of aryl methyl sites for hydroxylation is 1. The van der Waals surface area contributed by atoms with Crippen LogP contribution in [-0.2, 0) is 12.5 Å². The first-order valence-electron chi connectivity index (χ1n) is 13.1. The summed E-state index contributed by atoms with van der Waals surface area (Å²) in [4.78, 5) is 4.16. The van der Waals surface area contributed by atoms with Gasteiger partial charge in [0, 0.05) is 29.5 Å². The summed E-state index contributed by atoms with van der Waals surface area (Å²) in [5.41, 5.74) is -2.31. The third kappa shape index (κ3) is 7.73. The molecule has 0 N–H and O–H groups in total. The summed E-state index contributed by atoms with van der Waals surface area (Å²) in [6, 6.07) is 6.01. The zero-order valence-electron chi connectivity index (χ0n) is 22.8. The van der Waals surface area contributed by atoms with Crippen molar-refractivity contribution < 1.29 is 44.3 Å². The molecule has 0 unspecified atom stereocenters. The zero-order chi connectivity index (χ0) is 32.0. The Morgan fingerprint density at radius 3 is 1.80 bits per heavy atom. The van der Waals surface area contributed by atoms with Crippen molar-refractivity contribution in [3.8, 4) is 29.4 Å². The summed E-state index contributed by atoms with van der Waals surface area (Å²) >= 11 is 0. The molecule has 44 heavy (non-hydrogen) atoms. The maximum Gasteiger partial charge on any atom is 0.432 e. The van der Waals surface area contributed by atoms with Gasteiger partial charge in [-0.2, -0.15) is 8.78 Å². The molecule has 2 nitrogen and oxygen atoms in total. The molecule has 0 aliphatic heterocycles. The zero-order valence-corrected chi connectivity index (χ0v) is 22.8. The smallest absolute Gasteiger partial charge is 0.429 e. The molecule has 1 aromatic heterocycles. The lowest BCUT2D eigenvalue weighted by atomic mass is 10.1. The van der Waals surface area contributed by atoms with Crippen molar-refractivity contribution in [2.24, 2.45) is 0 Å². The van der Waals surface area contributed by atoms with E-state index in [1.54, 1.807) is 12.3 Å². The molecule has 1 heterocycles. The normalized spacial score (nSPS) is 11.0. The van der Waals surface area contributed by atoms with Crippen LogP contribution in [0.3, 0.4) is 0 Å². The minimum Gasteiger partial charge on any atom is -0.429 e. The first-order chi connectivity index (χ1) is 20.9. The van der Waals surface area contributed by atoms with Crippen LogP contribution in [-0.4, -0.2) is 4.98 Å². The molecule has 0 saturated heterocycles. The molecular weight excluding hydrogens is 597 g/mol. The van der Waals surface area contributed by atoms with Gasteiger partial charge in [-0.1, -0.05) is 43.6 Å². The fourth-order valence-corrected chi connectivity index (χ4v) is 3.97. The maximum atomic E-state index is 14.8. The molecule has 0 fully saturated rings. The molecule has 0 amide bonds. The maximum absolute atomic E-state index is 14.8. The minimum atomic E-state index is -4.73. The molecule has 11 heteroatoms. The van der Waals surface area contributed by atoms with Gasteiger partial charge < -0.3 is 4.74 Å².